The van der Waals surface area contributed by atoms with Crippen LogP contribution in [0.5, 0.6) is 0 Å². The third-order valence-corrected chi connectivity index (χ3v) is 2.95. The van der Waals surface area contributed by atoms with Gasteiger partial charge < -0.3 is 4.42 Å². The van der Waals surface area contributed by atoms with E-state index in [2.05, 4.69) is 4.98 Å². The molecule has 20 heavy (non-hydrogen) atoms. The van der Waals surface area contributed by atoms with E-state index in [1.807, 2.05) is 12.1 Å². The number of aromatic nitrogens is 1. The Kier molecular flexibility index (Phi) is 2.95. The second-order valence-corrected chi connectivity index (χ2v) is 4.34. The molecule has 0 aliphatic rings. The average Bonchev–Trinajstić information content (AvgIpc) is 2.89. The number of para-hydroxylation sites is 2. The SMILES string of the molecule is CN(C(=O)c1cccc(F)c1)c1nc2ccccc2o1. The summed E-state index contributed by atoms with van der Waals surface area (Å²) in [6.45, 7) is 0. The van der Waals surface area contributed by atoms with Gasteiger partial charge in [-0.3, -0.25) is 9.69 Å². The molecular formula is C15H11FN2O2. The van der Waals surface area contributed by atoms with E-state index in [0.29, 0.717) is 11.1 Å². The summed E-state index contributed by atoms with van der Waals surface area (Å²) in [6, 6.07) is 12.9. The summed E-state index contributed by atoms with van der Waals surface area (Å²) in [7, 11) is 1.54. The number of halogens is 1. The molecule has 3 rings (SSSR count). The van der Waals surface area contributed by atoms with E-state index in [1.165, 1.54) is 30.1 Å². The number of hydrogen-bond acceptors (Lipinski definition) is 3. The van der Waals surface area contributed by atoms with Crippen LogP contribution in [0.1, 0.15) is 10.4 Å². The Morgan fingerprint density at radius 3 is 2.75 bits per heavy atom. The van der Waals surface area contributed by atoms with Crippen molar-refractivity contribution in [1.82, 2.24) is 4.98 Å². The fourth-order valence-corrected chi connectivity index (χ4v) is 1.91. The quantitative estimate of drug-likeness (QED) is 0.718. The number of anilines is 1. The molecule has 1 heterocycles. The maximum Gasteiger partial charge on any atom is 0.305 e. The van der Waals surface area contributed by atoms with Crippen molar-refractivity contribution in [2.24, 2.45) is 0 Å². The molecule has 1 amide bonds. The Balaban J connectivity index is 1.95. The molecule has 0 saturated heterocycles. The molecule has 0 radical (unpaired) electrons. The van der Waals surface area contributed by atoms with Crippen LogP contribution in [0.2, 0.25) is 0 Å². The number of rotatable bonds is 2. The van der Waals surface area contributed by atoms with E-state index in [9.17, 15) is 9.18 Å². The first-order valence-electron chi connectivity index (χ1n) is 6.04. The number of nitrogens with zero attached hydrogens (tertiary/aromatic N) is 2. The lowest BCUT2D eigenvalue weighted by Gasteiger charge is -2.12. The van der Waals surface area contributed by atoms with Crippen LogP contribution in [0, 0.1) is 5.82 Å². The number of oxazole rings is 1. The van der Waals surface area contributed by atoms with Gasteiger partial charge in [0.1, 0.15) is 11.3 Å². The Labute approximate surface area is 114 Å². The van der Waals surface area contributed by atoms with Gasteiger partial charge in [-0.1, -0.05) is 18.2 Å². The van der Waals surface area contributed by atoms with E-state index in [4.69, 9.17) is 4.42 Å². The number of carbonyl (C=O) groups excluding carboxylic acids is 1. The highest BCUT2D eigenvalue weighted by Crippen LogP contribution is 2.22. The average molecular weight is 270 g/mol. The van der Waals surface area contributed by atoms with Crippen LogP contribution in [0.4, 0.5) is 10.4 Å². The maximum atomic E-state index is 13.2. The van der Waals surface area contributed by atoms with Gasteiger partial charge in [-0.15, -0.1) is 0 Å². The van der Waals surface area contributed by atoms with Crippen LogP contribution in [0.15, 0.2) is 52.9 Å². The van der Waals surface area contributed by atoms with E-state index >= 15 is 0 Å². The molecule has 4 nitrogen and oxygen atoms in total. The molecule has 0 spiro atoms. The smallest absolute Gasteiger partial charge is 0.305 e. The molecule has 2 aromatic carbocycles. The zero-order valence-electron chi connectivity index (χ0n) is 10.7. The van der Waals surface area contributed by atoms with Gasteiger partial charge in [-0.25, -0.2) is 4.39 Å². The lowest BCUT2D eigenvalue weighted by molar-refractivity contribution is 0.0988. The number of carbonyl (C=O) groups is 1. The van der Waals surface area contributed by atoms with E-state index in [1.54, 1.807) is 18.2 Å². The molecule has 0 aliphatic carbocycles. The minimum Gasteiger partial charge on any atom is -0.423 e. The number of amides is 1. The van der Waals surface area contributed by atoms with Crippen LogP contribution in [-0.2, 0) is 0 Å². The fraction of sp³-hybridized carbons (Fsp3) is 0.0667. The van der Waals surface area contributed by atoms with Crippen molar-refractivity contribution in [3.63, 3.8) is 0 Å². The van der Waals surface area contributed by atoms with Gasteiger partial charge in [0.15, 0.2) is 5.58 Å². The standard InChI is InChI=1S/C15H11FN2O2/c1-18(14(19)10-5-4-6-11(16)9-10)15-17-12-7-2-3-8-13(12)20-15/h2-9H,1H3. The van der Waals surface area contributed by atoms with Crippen LogP contribution in [0.3, 0.4) is 0 Å². The zero-order valence-corrected chi connectivity index (χ0v) is 10.7. The van der Waals surface area contributed by atoms with Gasteiger partial charge in [0.25, 0.3) is 5.91 Å². The third kappa shape index (κ3) is 2.14. The molecule has 5 heteroatoms. The predicted molar refractivity (Wildman–Crippen MR) is 73.1 cm³/mol. The first-order valence-corrected chi connectivity index (χ1v) is 6.04. The van der Waals surface area contributed by atoms with Gasteiger partial charge in [0.2, 0.25) is 0 Å². The van der Waals surface area contributed by atoms with Gasteiger partial charge >= 0.3 is 6.01 Å². The third-order valence-electron chi connectivity index (χ3n) is 2.95. The Morgan fingerprint density at radius 1 is 1.20 bits per heavy atom. The largest absolute Gasteiger partial charge is 0.423 e. The highest BCUT2D eigenvalue weighted by molar-refractivity contribution is 6.04. The van der Waals surface area contributed by atoms with Gasteiger partial charge in [0.05, 0.1) is 0 Å². The van der Waals surface area contributed by atoms with Crippen molar-refractivity contribution in [3.05, 3.63) is 59.9 Å². The molecule has 0 bridgehead atoms. The lowest BCUT2D eigenvalue weighted by atomic mass is 10.2. The summed E-state index contributed by atoms with van der Waals surface area (Å²) < 4.78 is 18.7. The number of benzene rings is 2. The molecule has 100 valence electrons. The summed E-state index contributed by atoms with van der Waals surface area (Å²) in [4.78, 5) is 17.7. The molecule has 3 aromatic rings. The minimum atomic E-state index is -0.457. The van der Waals surface area contributed by atoms with Crippen LogP contribution >= 0.6 is 0 Å². The highest BCUT2D eigenvalue weighted by atomic mass is 19.1. The first kappa shape index (κ1) is 12.3. The minimum absolute atomic E-state index is 0.181. The van der Waals surface area contributed by atoms with Gasteiger partial charge in [-0.05, 0) is 30.3 Å². The lowest BCUT2D eigenvalue weighted by Crippen LogP contribution is -2.26. The predicted octanol–water partition coefficient (Wildman–Crippen LogP) is 3.24. The second kappa shape index (κ2) is 4.77. The Morgan fingerprint density at radius 2 is 2.00 bits per heavy atom. The molecular weight excluding hydrogens is 259 g/mol. The van der Waals surface area contributed by atoms with Crippen molar-refractivity contribution in [3.8, 4) is 0 Å². The van der Waals surface area contributed by atoms with Gasteiger partial charge in [-0.2, -0.15) is 4.98 Å². The van der Waals surface area contributed by atoms with Crippen LogP contribution < -0.4 is 4.90 Å². The Bertz CT molecular complexity index is 749. The topological polar surface area (TPSA) is 46.3 Å². The molecule has 0 fully saturated rings. The van der Waals surface area contributed by atoms with Crippen LogP contribution in [0.25, 0.3) is 11.1 Å². The zero-order chi connectivity index (χ0) is 14.1. The highest BCUT2D eigenvalue weighted by Gasteiger charge is 2.18. The number of fused-ring (bicyclic) bond motifs is 1. The fourth-order valence-electron chi connectivity index (χ4n) is 1.91. The number of hydrogen-bond donors (Lipinski definition) is 0. The summed E-state index contributed by atoms with van der Waals surface area (Å²) in [5.74, 6) is -0.835. The normalized spacial score (nSPS) is 10.7. The summed E-state index contributed by atoms with van der Waals surface area (Å²) in [5, 5.41) is 0. The molecule has 0 saturated carbocycles. The maximum absolute atomic E-state index is 13.2. The van der Waals surface area contributed by atoms with E-state index < -0.39 is 5.82 Å². The molecule has 1 aromatic heterocycles. The van der Waals surface area contributed by atoms with Crippen molar-refractivity contribution < 1.29 is 13.6 Å². The first-order chi connectivity index (χ1) is 9.65. The van der Waals surface area contributed by atoms with Crippen LogP contribution in [-0.4, -0.2) is 17.9 Å². The molecule has 0 unspecified atom stereocenters. The summed E-state index contributed by atoms with van der Waals surface area (Å²) in [6.07, 6.45) is 0. The van der Waals surface area contributed by atoms with E-state index in [0.717, 1.165) is 0 Å². The summed E-state index contributed by atoms with van der Waals surface area (Å²) >= 11 is 0. The van der Waals surface area contributed by atoms with Crippen molar-refractivity contribution >= 4 is 23.0 Å². The summed E-state index contributed by atoms with van der Waals surface area (Å²) in [5.41, 5.74) is 1.51. The van der Waals surface area contributed by atoms with Crippen molar-refractivity contribution in [1.29, 1.82) is 0 Å². The monoisotopic (exact) mass is 270 g/mol. The molecule has 0 atom stereocenters. The van der Waals surface area contributed by atoms with Gasteiger partial charge in [0, 0.05) is 12.6 Å². The molecule has 0 aliphatic heterocycles. The molecule has 0 N–H and O–H groups in total. The Hall–Kier alpha value is -2.69. The van der Waals surface area contributed by atoms with Crippen molar-refractivity contribution in [2.75, 3.05) is 11.9 Å². The second-order valence-electron chi connectivity index (χ2n) is 4.34. The van der Waals surface area contributed by atoms with E-state index in [-0.39, 0.29) is 17.5 Å². The van der Waals surface area contributed by atoms with Crippen molar-refractivity contribution in [2.45, 2.75) is 0 Å².